The molecular weight excluding hydrogens is 779 g/mol. The highest BCUT2D eigenvalue weighted by Crippen LogP contribution is 2.61. The second-order valence-corrected chi connectivity index (χ2v) is 19.7. The van der Waals surface area contributed by atoms with Crippen molar-refractivity contribution < 1.29 is 33.3 Å². The molecule has 320 valence electrons. The lowest BCUT2D eigenvalue weighted by Gasteiger charge is -2.36. The van der Waals surface area contributed by atoms with Gasteiger partial charge in [0, 0.05) is 90.7 Å². The molecule has 2 saturated heterocycles. The number of amides is 1. The minimum Gasteiger partial charge on any atom is -0.464 e. The van der Waals surface area contributed by atoms with E-state index in [0.717, 1.165) is 62.5 Å². The summed E-state index contributed by atoms with van der Waals surface area (Å²) < 4.78 is 26.5. The number of benzene rings is 1. The fourth-order valence-corrected chi connectivity index (χ4v) is 11.1. The molecule has 1 aromatic carbocycles. The molecule has 6 heterocycles. The Kier molecular flexibility index (Phi) is 11.3. The topological polar surface area (TPSA) is 134 Å². The van der Waals surface area contributed by atoms with Crippen molar-refractivity contribution in [2.75, 3.05) is 40.1 Å². The zero-order valence-corrected chi connectivity index (χ0v) is 36.6. The molecule has 3 unspecified atom stereocenters. The Labute approximate surface area is 356 Å². The Hall–Kier alpha value is -4.01. The average molecular weight is 838 g/mol. The lowest BCUT2D eigenvalue weighted by molar-refractivity contribution is -0.156. The first kappa shape index (κ1) is 41.3. The minimum atomic E-state index is -0.892. The number of nitrogens with zero attached hydrogens (tertiary/aromatic N) is 4. The predicted molar refractivity (Wildman–Crippen MR) is 229 cm³/mol. The predicted octanol–water partition coefficient (Wildman–Crippen LogP) is 7.37. The molecule has 1 spiro atoms. The number of pyridine rings is 1. The quantitative estimate of drug-likeness (QED) is 0.170. The number of carbonyl (C=O) groups is 3. The van der Waals surface area contributed by atoms with Crippen molar-refractivity contribution in [3.05, 3.63) is 58.2 Å². The molecule has 2 aliphatic carbocycles. The van der Waals surface area contributed by atoms with Crippen molar-refractivity contribution in [2.45, 2.75) is 104 Å². The van der Waals surface area contributed by atoms with Gasteiger partial charge in [-0.1, -0.05) is 33.8 Å². The van der Waals surface area contributed by atoms with Gasteiger partial charge in [0.05, 0.1) is 52.9 Å². The van der Waals surface area contributed by atoms with Crippen molar-refractivity contribution >= 4 is 39.9 Å². The fraction of sp³-hybridized carbons (Fsp3) is 0.596. The third kappa shape index (κ3) is 7.74. The molecule has 3 aromatic heterocycles. The maximum Gasteiger partial charge on any atom is 0.324 e. The molecule has 2 saturated carbocycles. The second kappa shape index (κ2) is 16.4. The molecule has 5 aliphatic rings. The zero-order chi connectivity index (χ0) is 41.9. The number of methoxy groups -OCH3 is 1. The van der Waals surface area contributed by atoms with E-state index in [9.17, 15) is 14.4 Å². The number of ketones is 1. The van der Waals surface area contributed by atoms with Gasteiger partial charge in [0.2, 0.25) is 5.91 Å². The van der Waals surface area contributed by atoms with Crippen LogP contribution in [0.4, 0.5) is 0 Å². The van der Waals surface area contributed by atoms with E-state index < -0.39 is 16.9 Å². The van der Waals surface area contributed by atoms with Gasteiger partial charge >= 0.3 is 5.97 Å². The van der Waals surface area contributed by atoms with Crippen molar-refractivity contribution in [3.8, 4) is 22.5 Å². The number of fused-ring (bicyclic) bond motifs is 6. The van der Waals surface area contributed by atoms with E-state index in [4.69, 9.17) is 28.9 Å². The SMILES string of the molecule is CO[C@@H](C)c1ncccc1-c1c2c3cc(ccc3n1CCOC1CCOCC1)-c1csc(n1)CC1(CC1C(=O)C1[C@@H](C)[C@H]1C)C(=O)N1CCC[C@H](N1)C(=O)OCC(C)(C)C2. The summed E-state index contributed by atoms with van der Waals surface area (Å²) in [6.07, 6.45) is 6.17. The highest BCUT2D eigenvalue weighted by molar-refractivity contribution is 7.10. The van der Waals surface area contributed by atoms with Gasteiger partial charge in [-0.15, -0.1) is 11.3 Å². The van der Waals surface area contributed by atoms with Crippen LogP contribution in [0, 0.1) is 34.5 Å². The molecule has 0 radical (unpaired) electrons. The number of esters is 1. The summed E-state index contributed by atoms with van der Waals surface area (Å²) in [5.74, 6) is 0.00501. The Morgan fingerprint density at radius 2 is 1.90 bits per heavy atom. The molecular formula is C47H59N5O7S. The molecule has 7 atom stereocenters. The zero-order valence-electron chi connectivity index (χ0n) is 35.8. The van der Waals surface area contributed by atoms with Gasteiger partial charge in [0.1, 0.15) is 11.8 Å². The van der Waals surface area contributed by atoms with Gasteiger partial charge in [-0.25, -0.2) is 10.4 Å². The molecule has 9 rings (SSSR count). The van der Waals surface area contributed by atoms with Gasteiger partial charge in [-0.2, -0.15) is 0 Å². The second-order valence-electron chi connectivity index (χ2n) is 18.8. The van der Waals surface area contributed by atoms with Crippen LogP contribution >= 0.6 is 11.3 Å². The van der Waals surface area contributed by atoms with E-state index in [1.165, 1.54) is 0 Å². The number of hydrogen-bond donors (Lipinski definition) is 1. The molecule has 4 fully saturated rings. The largest absolute Gasteiger partial charge is 0.464 e. The average Bonchev–Trinajstić information content (AvgIpc) is 4.00. The highest BCUT2D eigenvalue weighted by Gasteiger charge is 2.68. The molecule has 13 heteroatoms. The van der Waals surface area contributed by atoms with Crippen molar-refractivity contribution in [1.82, 2.24) is 25.0 Å². The van der Waals surface area contributed by atoms with Crippen LogP contribution in [0.25, 0.3) is 33.4 Å². The van der Waals surface area contributed by atoms with Gasteiger partial charge in [-0.05, 0) is 87.1 Å². The van der Waals surface area contributed by atoms with Crippen molar-refractivity contribution in [1.29, 1.82) is 0 Å². The number of nitrogens with one attached hydrogen (secondary N) is 1. The smallest absolute Gasteiger partial charge is 0.324 e. The van der Waals surface area contributed by atoms with E-state index in [-0.39, 0.29) is 48.3 Å². The molecule has 1 amide bonds. The van der Waals surface area contributed by atoms with E-state index in [2.05, 4.69) is 67.3 Å². The Morgan fingerprint density at radius 1 is 1.10 bits per heavy atom. The Balaban J connectivity index is 1.16. The minimum absolute atomic E-state index is 0.00512. The van der Waals surface area contributed by atoms with Gasteiger partial charge < -0.3 is 23.5 Å². The summed E-state index contributed by atoms with van der Waals surface area (Å²) in [6.45, 7) is 13.8. The summed E-state index contributed by atoms with van der Waals surface area (Å²) in [7, 11) is 1.71. The summed E-state index contributed by atoms with van der Waals surface area (Å²) in [5, 5.41) is 5.61. The number of cyclic esters (lactones) is 1. The van der Waals surface area contributed by atoms with Gasteiger partial charge in [0.15, 0.2) is 0 Å². The van der Waals surface area contributed by atoms with Crippen LogP contribution in [0.15, 0.2) is 41.9 Å². The first-order valence-corrected chi connectivity index (χ1v) is 22.8. The molecule has 6 bridgehead atoms. The number of thiazole rings is 1. The van der Waals surface area contributed by atoms with Crippen LogP contribution in [0.1, 0.15) is 89.1 Å². The number of ether oxygens (including phenoxy) is 4. The number of carbonyl (C=O) groups excluding carboxylic acids is 3. The van der Waals surface area contributed by atoms with Crippen LogP contribution in [0.3, 0.4) is 0 Å². The Morgan fingerprint density at radius 3 is 2.67 bits per heavy atom. The van der Waals surface area contributed by atoms with Crippen LogP contribution in [-0.4, -0.2) is 89.4 Å². The van der Waals surface area contributed by atoms with E-state index in [1.54, 1.807) is 23.5 Å². The summed E-state index contributed by atoms with van der Waals surface area (Å²) >= 11 is 1.55. The normalized spacial score (nSPS) is 28.7. The number of hydrazine groups is 1. The summed E-state index contributed by atoms with van der Waals surface area (Å²) in [4.78, 5) is 52.5. The van der Waals surface area contributed by atoms with Crippen molar-refractivity contribution in [2.24, 2.45) is 34.5 Å². The van der Waals surface area contributed by atoms with Crippen LogP contribution in [-0.2, 0) is 52.7 Å². The maximum atomic E-state index is 14.6. The lowest BCUT2D eigenvalue weighted by Crippen LogP contribution is -2.57. The summed E-state index contributed by atoms with van der Waals surface area (Å²) in [5.41, 5.74) is 8.77. The number of rotatable bonds is 9. The Bertz CT molecular complexity index is 2270. The molecule has 3 aliphatic heterocycles. The third-order valence-electron chi connectivity index (χ3n) is 14.1. The summed E-state index contributed by atoms with van der Waals surface area (Å²) in [6, 6.07) is 10.0. The van der Waals surface area contributed by atoms with E-state index in [0.29, 0.717) is 76.9 Å². The molecule has 60 heavy (non-hydrogen) atoms. The highest BCUT2D eigenvalue weighted by atomic mass is 32.1. The van der Waals surface area contributed by atoms with Crippen LogP contribution < -0.4 is 5.43 Å². The van der Waals surface area contributed by atoms with Crippen molar-refractivity contribution in [3.63, 3.8) is 0 Å². The third-order valence-corrected chi connectivity index (χ3v) is 15.0. The van der Waals surface area contributed by atoms with E-state index >= 15 is 0 Å². The number of aromatic nitrogens is 3. The monoisotopic (exact) mass is 837 g/mol. The van der Waals surface area contributed by atoms with E-state index in [1.807, 2.05) is 19.2 Å². The molecule has 1 N–H and O–H groups in total. The number of Topliss-reactive ketones (excluding diaryl/α,β-unsaturated/α-hetero) is 1. The van der Waals surface area contributed by atoms with Crippen LogP contribution in [0.2, 0.25) is 0 Å². The molecule has 12 nitrogen and oxygen atoms in total. The standard InChI is InChI=1S/C47H59N5O7S/c1-27-28(2)40(27)43(53)35-23-47(35)24-39-49-37(25-60-39)30-11-12-38-33(21-30)34(22-46(4,5)26-59-44(54)36-10-8-16-52(50-36)45(47)55)42(32-9-7-15-48-41(32)29(3)56-6)51(38)17-20-58-31-13-18-57-19-14-31/h7,9,11-12,15,21,25,27-29,31,35-36,40,50H,8,10,13-14,16-20,22-24,26H2,1-6H3/t27-,28+,29-,35?,36-,40?,47?/m0/s1. The number of hydrogen-bond acceptors (Lipinski definition) is 11. The maximum absolute atomic E-state index is 14.6. The van der Waals surface area contributed by atoms with Gasteiger partial charge in [0.25, 0.3) is 0 Å². The van der Waals surface area contributed by atoms with Gasteiger partial charge in [-0.3, -0.25) is 24.4 Å². The lowest BCUT2D eigenvalue weighted by atomic mass is 9.84. The fourth-order valence-electron chi connectivity index (χ4n) is 10.2. The molecule has 4 aromatic rings. The first-order chi connectivity index (χ1) is 28.9. The van der Waals surface area contributed by atoms with Crippen LogP contribution in [0.5, 0.6) is 0 Å². The first-order valence-electron chi connectivity index (χ1n) is 21.9.